The second-order valence-corrected chi connectivity index (χ2v) is 6.64. The topological polar surface area (TPSA) is 86.1 Å². The Kier molecular flexibility index (Phi) is 3.78. The van der Waals surface area contributed by atoms with E-state index in [1.165, 1.54) is 12.8 Å². The van der Waals surface area contributed by atoms with Gasteiger partial charge in [0.2, 0.25) is 5.82 Å². The van der Waals surface area contributed by atoms with E-state index >= 15 is 0 Å². The minimum absolute atomic E-state index is 0.416. The smallest absolute Gasteiger partial charge is 0.262 e. The minimum atomic E-state index is 0.416. The molecule has 1 aliphatic carbocycles. The summed E-state index contributed by atoms with van der Waals surface area (Å²) >= 11 is 0. The number of nitrogens with one attached hydrogen (secondary N) is 1. The average Bonchev–Trinajstić information content (AvgIpc) is 3.19. The van der Waals surface area contributed by atoms with Crippen molar-refractivity contribution in [1.82, 2.24) is 20.1 Å². The normalized spacial score (nSPS) is 13.8. The van der Waals surface area contributed by atoms with E-state index in [-0.39, 0.29) is 0 Å². The molecule has 1 aromatic carbocycles. The maximum atomic E-state index is 6.01. The van der Waals surface area contributed by atoms with Gasteiger partial charge in [0.15, 0.2) is 0 Å². The van der Waals surface area contributed by atoms with Gasteiger partial charge in [0.1, 0.15) is 17.1 Å². The summed E-state index contributed by atoms with van der Waals surface area (Å²) in [6.45, 7) is 0.690. The van der Waals surface area contributed by atoms with Gasteiger partial charge in [-0.25, -0.2) is 4.98 Å². The minimum Gasteiger partial charge on any atom is -0.497 e. The van der Waals surface area contributed by atoms with Gasteiger partial charge in [-0.2, -0.15) is 4.98 Å². The number of methoxy groups -OCH3 is 1. The van der Waals surface area contributed by atoms with Crippen LogP contribution >= 0.6 is 0 Å². The van der Waals surface area contributed by atoms with Crippen LogP contribution in [0.4, 0.5) is 0 Å². The fraction of sp³-hybridized carbons (Fsp3) is 0.250. The number of aromatic amines is 1. The third-order valence-corrected chi connectivity index (χ3v) is 4.72. The molecule has 0 unspecified atom stereocenters. The van der Waals surface area contributed by atoms with E-state index < -0.39 is 0 Å². The molecule has 1 N–H and O–H groups in total. The standard InChI is InChI=1S/C20H18N4O3/c1-25-13-4-5-16(17(10-13)26-11-12-2-3-12)20-23-19(24-27-20)15-7-9-22-18-14(15)6-8-21-18/h4-10,12H,2-3,11H2,1H3,(H,21,22). The summed E-state index contributed by atoms with van der Waals surface area (Å²) in [5.74, 6) is 2.99. The first-order valence-electron chi connectivity index (χ1n) is 8.89. The van der Waals surface area contributed by atoms with Crippen LogP contribution in [-0.2, 0) is 0 Å². The Bertz CT molecular complexity index is 1100. The lowest BCUT2D eigenvalue weighted by Crippen LogP contribution is -2.01. The molecule has 7 heteroatoms. The molecular weight excluding hydrogens is 344 g/mol. The van der Waals surface area contributed by atoms with Crippen molar-refractivity contribution >= 4 is 11.0 Å². The van der Waals surface area contributed by atoms with Crippen molar-refractivity contribution in [2.24, 2.45) is 5.92 Å². The summed E-state index contributed by atoms with van der Waals surface area (Å²) in [5, 5.41) is 5.12. The number of hydrogen-bond donors (Lipinski definition) is 1. The third kappa shape index (κ3) is 3.01. The number of nitrogens with zero attached hydrogens (tertiary/aromatic N) is 3. The van der Waals surface area contributed by atoms with Crippen LogP contribution in [0.3, 0.4) is 0 Å². The number of rotatable bonds is 6. The molecule has 0 radical (unpaired) electrons. The first-order chi connectivity index (χ1) is 13.3. The number of aromatic nitrogens is 4. The molecule has 0 amide bonds. The van der Waals surface area contributed by atoms with Crippen LogP contribution in [0.15, 0.2) is 47.2 Å². The van der Waals surface area contributed by atoms with Crippen molar-refractivity contribution < 1.29 is 14.0 Å². The highest BCUT2D eigenvalue weighted by Gasteiger charge is 2.24. The van der Waals surface area contributed by atoms with Crippen molar-refractivity contribution in [1.29, 1.82) is 0 Å². The van der Waals surface area contributed by atoms with Crippen molar-refractivity contribution in [3.05, 3.63) is 42.7 Å². The summed E-state index contributed by atoms with van der Waals surface area (Å²) in [7, 11) is 1.63. The Morgan fingerprint density at radius 1 is 1.19 bits per heavy atom. The monoisotopic (exact) mass is 362 g/mol. The highest BCUT2D eigenvalue weighted by Crippen LogP contribution is 2.36. The highest BCUT2D eigenvalue weighted by atomic mass is 16.5. The maximum absolute atomic E-state index is 6.01. The van der Waals surface area contributed by atoms with Gasteiger partial charge in [0, 0.05) is 29.4 Å². The van der Waals surface area contributed by atoms with Gasteiger partial charge in [-0.15, -0.1) is 0 Å². The van der Waals surface area contributed by atoms with E-state index in [1.807, 2.05) is 36.5 Å². The number of H-pyrrole nitrogens is 1. The molecular formula is C20H18N4O3. The Hall–Kier alpha value is -3.35. The summed E-state index contributed by atoms with van der Waals surface area (Å²) in [4.78, 5) is 12.0. The largest absolute Gasteiger partial charge is 0.497 e. The van der Waals surface area contributed by atoms with E-state index in [0.29, 0.717) is 30.0 Å². The summed E-state index contributed by atoms with van der Waals surface area (Å²) in [6.07, 6.45) is 6.01. The van der Waals surface area contributed by atoms with E-state index in [4.69, 9.17) is 14.0 Å². The van der Waals surface area contributed by atoms with Crippen LogP contribution in [0.25, 0.3) is 33.9 Å². The van der Waals surface area contributed by atoms with Gasteiger partial charge < -0.3 is 19.0 Å². The molecule has 136 valence electrons. The Balaban J connectivity index is 1.52. The lowest BCUT2D eigenvalue weighted by atomic mass is 10.1. The Labute approximate surface area is 155 Å². The first-order valence-corrected chi connectivity index (χ1v) is 8.89. The van der Waals surface area contributed by atoms with Crippen LogP contribution in [-0.4, -0.2) is 33.8 Å². The van der Waals surface area contributed by atoms with Gasteiger partial charge >= 0.3 is 0 Å². The van der Waals surface area contributed by atoms with Crippen molar-refractivity contribution in [2.75, 3.05) is 13.7 Å². The Morgan fingerprint density at radius 2 is 2.11 bits per heavy atom. The van der Waals surface area contributed by atoms with E-state index in [1.54, 1.807) is 13.3 Å². The number of pyridine rings is 1. The molecule has 0 spiro atoms. The van der Waals surface area contributed by atoms with Crippen molar-refractivity contribution in [3.63, 3.8) is 0 Å². The second kappa shape index (κ2) is 6.42. The van der Waals surface area contributed by atoms with Crippen molar-refractivity contribution in [3.8, 4) is 34.3 Å². The van der Waals surface area contributed by atoms with Crippen LogP contribution in [0.5, 0.6) is 11.5 Å². The fourth-order valence-corrected chi connectivity index (χ4v) is 3.02. The predicted molar refractivity (Wildman–Crippen MR) is 99.6 cm³/mol. The molecule has 1 aliphatic rings. The first kappa shape index (κ1) is 15.9. The molecule has 0 saturated heterocycles. The van der Waals surface area contributed by atoms with Gasteiger partial charge in [-0.1, -0.05) is 5.16 Å². The summed E-state index contributed by atoms with van der Waals surface area (Å²) in [6, 6.07) is 9.43. The second-order valence-electron chi connectivity index (χ2n) is 6.64. The lowest BCUT2D eigenvalue weighted by molar-refractivity contribution is 0.297. The molecule has 0 atom stereocenters. The van der Waals surface area contributed by atoms with Gasteiger partial charge in [0.05, 0.1) is 19.3 Å². The predicted octanol–water partition coefficient (Wildman–Crippen LogP) is 4.08. The van der Waals surface area contributed by atoms with Crippen LogP contribution in [0.2, 0.25) is 0 Å². The molecule has 3 aromatic heterocycles. The zero-order chi connectivity index (χ0) is 18.2. The van der Waals surface area contributed by atoms with Crippen LogP contribution in [0, 0.1) is 5.92 Å². The zero-order valence-electron chi connectivity index (χ0n) is 14.8. The quantitative estimate of drug-likeness (QED) is 0.556. The average molecular weight is 362 g/mol. The number of benzene rings is 1. The molecule has 7 nitrogen and oxygen atoms in total. The van der Waals surface area contributed by atoms with Crippen LogP contribution < -0.4 is 9.47 Å². The number of ether oxygens (including phenoxy) is 2. The lowest BCUT2D eigenvalue weighted by Gasteiger charge is -2.10. The maximum Gasteiger partial charge on any atom is 0.262 e. The van der Waals surface area contributed by atoms with Gasteiger partial charge in [-0.05, 0) is 43.0 Å². The van der Waals surface area contributed by atoms with E-state index in [0.717, 1.165) is 27.9 Å². The molecule has 3 heterocycles. The Morgan fingerprint density at radius 3 is 2.96 bits per heavy atom. The highest BCUT2D eigenvalue weighted by molar-refractivity contribution is 5.90. The molecule has 0 aliphatic heterocycles. The van der Waals surface area contributed by atoms with Gasteiger partial charge in [0.25, 0.3) is 5.89 Å². The number of hydrogen-bond acceptors (Lipinski definition) is 6. The number of fused-ring (bicyclic) bond motifs is 1. The van der Waals surface area contributed by atoms with E-state index in [2.05, 4.69) is 20.1 Å². The van der Waals surface area contributed by atoms with E-state index in [9.17, 15) is 0 Å². The fourth-order valence-electron chi connectivity index (χ4n) is 3.02. The third-order valence-electron chi connectivity index (χ3n) is 4.72. The van der Waals surface area contributed by atoms with Crippen LogP contribution in [0.1, 0.15) is 12.8 Å². The summed E-state index contributed by atoms with van der Waals surface area (Å²) in [5.41, 5.74) is 2.41. The van der Waals surface area contributed by atoms with Gasteiger partial charge in [-0.3, -0.25) is 0 Å². The SMILES string of the molecule is COc1ccc(-c2nc(-c3ccnc4[nH]ccc34)no2)c(OCC2CC2)c1. The molecule has 5 rings (SSSR count). The molecule has 0 bridgehead atoms. The molecule has 1 saturated carbocycles. The zero-order valence-corrected chi connectivity index (χ0v) is 14.8. The molecule has 4 aromatic rings. The summed E-state index contributed by atoms with van der Waals surface area (Å²) < 4.78 is 16.9. The molecule has 27 heavy (non-hydrogen) atoms. The molecule has 1 fully saturated rings. The van der Waals surface area contributed by atoms with Crippen molar-refractivity contribution in [2.45, 2.75) is 12.8 Å².